The fraction of sp³-hybridized carbons (Fsp3) is 0.385. The van der Waals surface area contributed by atoms with E-state index in [2.05, 4.69) is 35.7 Å². The van der Waals surface area contributed by atoms with Crippen LogP contribution >= 0.6 is 11.9 Å². The van der Waals surface area contributed by atoms with Crippen molar-refractivity contribution in [3.8, 4) is 17.0 Å². The smallest absolute Gasteiger partial charge is 0.419 e. The zero-order chi connectivity index (χ0) is 43.2. The van der Waals surface area contributed by atoms with Gasteiger partial charge < -0.3 is 20.5 Å². The zero-order valence-electron chi connectivity index (χ0n) is 32.4. The molecule has 4 aromatic rings. The minimum atomic E-state index is -4.77. The number of rotatable bonds is 18. The van der Waals surface area contributed by atoms with Crippen molar-refractivity contribution in [1.29, 1.82) is 0 Å². The van der Waals surface area contributed by atoms with E-state index in [-0.39, 0.29) is 53.5 Å². The van der Waals surface area contributed by atoms with Gasteiger partial charge in [-0.3, -0.25) is 43.6 Å². The molecule has 2 aromatic carbocycles. The van der Waals surface area contributed by atoms with E-state index < -0.39 is 71.0 Å². The Labute approximate surface area is 345 Å². The van der Waals surface area contributed by atoms with Crippen LogP contribution in [0.15, 0.2) is 59.9 Å². The van der Waals surface area contributed by atoms with E-state index in [0.29, 0.717) is 30.6 Å². The van der Waals surface area contributed by atoms with Crippen molar-refractivity contribution in [2.24, 2.45) is 0 Å². The third kappa shape index (κ3) is 10.8. The van der Waals surface area contributed by atoms with Gasteiger partial charge in [0.05, 0.1) is 40.9 Å². The average molecular weight is 856 g/mol. The maximum atomic E-state index is 15.0. The quantitative estimate of drug-likeness (QED) is 0.0396. The molecule has 1 saturated heterocycles. The van der Waals surface area contributed by atoms with Crippen molar-refractivity contribution in [3.05, 3.63) is 77.5 Å². The molecule has 318 valence electrons. The Morgan fingerprint density at radius 1 is 1.03 bits per heavy atom. The number of aromatic nitrogens is 4. The Bertz CT molecular complexity index is 2280. The number of carbonyl (C=O) groups is 5. The number of alkyl halides is 3. The number of hydrogen-bond acceptors (Lipinski definition) is 13. The number of imide groups is 2. The summed E-state index contributed by atoms with van der Waals surface area (Å²) in [5.74, 6) is -3.95. The second kappa shape index (κ2) is 18.6. The van der Waals surface area contributed by atoms with Crippen LogP contribution in [-0.4, -0.2) is 90.6 Å². The summed E-state index contributed by atoms with van der Waals surface area (Å²) >= 11 is 1.21. The summed E-state index contributed by atoms with van der Waals surface area (Å²) in [4.78, 5) is 71.7. The van der Waals surface area contributed by atoms with Gasteiger partial charge in [-0.15, -0.1) is 0 Å². The highest BCUT2D eigenvalue weighted by atomic mass is 32.2. The summed E-state index contributed by atoms with van der Waals surface area (Å²) in [5.41, 5.74) is -2.71. The van der Waals surface area contributed by atoms with E-state index >= 15 is 4.39 Å². The first-order valence-electron chi connectivity index (χ1n) is 18.9. The predicted molar refractivity (Wildman–Crippen MR) is 208 cm³/mol. The van der Waals surface area contributed by atoms with Gasteiger partial charge in [-0.25, -0.2) is 14.4 Å². The van der Waals surface area contributed by atoms with Gasteiger partial charge in [0.25, 0.3) is 17.7 Å². The van der Waals surface area contributed by atoms with Gasteiger partial charge in [-0.2, -0.15) is 18.3 Å². The number of nitrogens with zero attached hydrogens (tertiary/aromatic N) is 5. The van der Waals surface area contributed by atoms with Crippen molar-refractivity contribution in [1.82, 2.24) is 40.0 Å². The molecule has 1 atom stereocenters. The molecule has 0 spiro atoms. The summed E-state index contributed by atoms with van der Waals surface area (Å²) in [6.07, 6.45) is 1.49. The number of fused-ring (bicyclic) bond motifs is 1. The molecule has 0 radical (unpaired) electrons. The maximum absolute atomic E-state index is 15.0. The highest BCUT2D eigenvalue weighted by Gasteiger charge is 2.46. The summed E-state index contributed by atoms with van der Waals surface area (Å²) in [6, 6.07) is 7.58. The highest BCUT2D eigenvalue weighted by molar-refractivity contribution is 7.97. The van der Waals surface area contributed by atoms with E-state index in [1.165, 1.54) is 73.2 Å². The number of hydrogen-bond donors (Lipinski definition) is 5. The van der Waals surface area contributed by atoms with Crippen molar-refractivity contribution in [3.63, 3.8) is 0 Å². The fourth-order valence-corrected chi connectivity index (χ4v) is 7.17. The van der Waals surface area contributed by atoms with Crippen LogP contribution in [0.4, 0.5) is 29.2 Å². The van der Waals surface area contributed by atoms with E-state index in [4.69, 9.17) is 4.74 Å². The SMILES string of the molecule is CC(C)(O)Cn1cc(-c2nc(Nc3ccc(SNCCCCCCNC(=O)COc4cccc5c4C(=O)N(C4CCC(=O)NC4=O)C5=O)cc3F)ncc2C(F)(F)F)cn1. The van der Waals surface area contributed by atoms with Crippen LogP contribution in [0.5, 0.6) is 5.75 Å². The number of ether oxygens (including phenoxy) is 1. The second-order valence-electron chi connectivity index (χ2n) is 14.6. The number of nitrogens with one attached hydrogen (secondary N) is 4. The molecule has 5 amide bonds. The molecule has 5 N–H and O–H groups in total. The molecule has 16 nitrogen and oxygen atoms in total. The van der Waals surface area contributed by atoms with Crippen LogP contribution in [0.2, 0.25) is 0 Å². The number of halogens is 4. The predicted octanol–water partition coefficient (Wildman–Crippen LogP) is 4.77. The number of benzene rings is 2. The number of amides is 5. The molecule has 2 aliphatic rings. The Hall–Kier alpha value is -5.93. The van der Waals surface area contributed by atoms with E-state index in [1.54, 1.807) is 6.07 Å². The molecule has 6 rings (SSSR count). The number of carbonyl (C=O) groups excluding carboxylic acids is 5. The molecule has 0 aliphatic carbocycles. The molecule has 0 bridgehead atoms. The van der Waals surface area contributed by atoms with Crippen LogP contribution in [0.1, 0.15) is 78.7 Å². The highest BCUT2D eigenvalue weighted by Crippen LogP contribution is 2.37. The van der Waals surface area contributed by atoms with Crippen molar-refractivity contribution in [2.75, 3.05) is 25.0 Å². The average Bonchev–Trinajstić information content (AvgIpc) is 3.74. The van der Waals surface area contributed by atoms with Crippen LogP contribution < -0.4 is 25.4 Å². The largest absolute Gasteiger partial charge is 0.483 e. The Kier molecular flexibility index (Phi) is 13.5. The van der Waals surface area contributed by atoms with Crippen LogP contribution in [0.25, 0.3) is 11.3 Å². The van der Waals surface area contributed by atoms with E-state index in [9.17, 15) is 42.3 Å². The van der Waals surface area contributed by atoms with Crippen molar-refractivity contribution >= 4 is 53.1 Å². The molecule has 60 heavy (non-hydrogen) atoms. The van der Waals surface area contributed by atoms with Gasteiger partial charge in [-0.05, 0) is 75.4 Å². The lowest BCUT2D eigenvalue weighted by Crippen LogP contribution is -2.54. The van der Waals surface area contributed by atoms with Crippen molar-refractivity contribution < 1.29 is 51.4 Å². The second-order valence-corrected chi connectivity index (χ2v) is 15.6. The molecule has 1 unspecified atom stereocenters. The van der Waals surface area contributed by atoms with Gasteiger partial charge in [0.15, 0.2) is 6.61 Å². The lowest BCUT2D eigenvalue weighted by Gasteiger charge is -2.27. The normalized spacial score (nSPS) is 15.6. The molecule has 1 fully saturated rings. The van der Waals surface area contributed by atoms with Crippen LogP contribution in [0, 0.1) is 5.82 Å². The maximum Gasteiger partial charge on any atom is 0.419 e. The summed E-state index contributed by atoms with van der Waals surface area (Å²) in [5, 5.41) is 21.6. The number of anilines is 2. The standard InChI is InChI=1S/C39H41F4N9O7S/c1-38(2,58)21-51-19-22(17-46-51)33-25(39(41,42)43)18-45-37(50-33)48-27-11-10-23(16-26(27)40)60-47-15-6-4-3-5-14-44-31(54)20-59-29-9-7-8-24-32(29)36(57)52(35(24)56)28-12-13-30(53)49-34(28)55/h7-11,16-19,28,47,58H,3-6,12-15,20-21H2,1-2H3,(H,44,54)(H,45,48,50)(H,49,53,55). The van der Waals surface area contributed by atoms with Gasteiger partial charge >= 0.3 is 6.18 Å². The Balaban J connectivity index is 0.889. The zero-order valence-corrected chi connectivity index (χ0v) is 33.2. The van der Waals surface area contributed by atoms with Gasteiger partial charge in [0.1, 0.15) is 23.2 Å². The van der Waals surface area contributed by atoms with Gasteiger partial charge in [0.2, 0.25) is 17.8 Å². The molecule has 2 aliphatic heterocycles. The summed E-state index contributed by atoms with van der Waals surface area (Å²) in [6.45, 7) is 3.68. The topological polar surface area (TPSA) is 210 Å². The van der Waals surface area contributed by atoms with Crippen LogP contribution in [0.3, 0.4) is 0 Å². The van der Waals surface area contributed by atoms with Gasteiger partial charge in [-0.1, -0.05) is 18.9 Å². The molecule has 4 heterocycles. The third-order valence-electron chi connectivity index (χ3n) is 9.24. The monoisotopic (exact) mass is 855 g/mol. The number of piperidine rings is 1. The molecule has 21 heteroatoms. The minimum Gasteiger partial charge on any atom is -0.483 e. The molecule has 2 aromatic heterocycles. The molecular weight excluding hydrogens is 815 g/mol. The Morgan fingerprint density at radius 2 is 1.80 bits per heavy atom. The van der Waals surface area contributed by atoms with Crippen LogP contribution in [-0.2, 0) is 27.1 Å². The Morgan fingerprint density at radius 3 is 2.52 bits per heavy atom. The lowest BCUT2D eigenvalue weighted by atomic mass is 10.0. The first-order valence-corrected chi connectivity index (χ1v) is 19.7. The number of aliphatic hydroxyl groups is 1. The van der Waals surface area contributed by atoms with Crippen molar-refractivity contribution in [2.45, 2.75) is 81.6 Å². The third-order valence-corrected chi connectivity index (χ3v) is 10.1. The minimum absolute atomic E-state index is 0.00909. The first-order chi connectivity index (χ1) is 28.5. The first kappa shape index (κ1) is 43.6. The molecular formula is C39H41F4N9O7S. The summed E-state index contributed by atoms with van der Waals surface area (Å²) < 4.78 is 66.6. The lowest BCUT2D eigenvalue weighted by molar-refractivity contribution is -0.138. The fourth-order valence-electron chi connectivity index (χ4n) is 6.46. The summed E-state index contributed by atoms with van der Waals surface area (Å²) in [7, 11) is 0. The number of unbranched alkanes of at least 4 members (excludes halogenated alkanes) is 3. The van der Waals surface area contributed by atoms with E-state index in [0.717, 1.165) is 24.2 Å². The van der Waals surface area contributed by atoms with E-state index in [1.807, 2.05) is 0 Å². The molecule has 0 saturated carbocycles. The van der Waals surface area contributed by atoms with Gasteiger partial charge in [0, 0.05) is 42.4 Å².